The summed E-state index contributed by atoms with van der Waals surface area (Å²) in [4.78, 5) is 71.2. The molecule has 6 atom stereocenters. The number of rotatable bonds is 24. The zero-order chi connectivity index (χ0) is 73.7. The molecule has 0 radical (unpaired) electrons. The van der Waals surface area contributed by atoms with Crippen LogP contribution >= 0.6 is 0 Å². The SMILES string of the molecule is CCCOc1cccc(Cc2c(-c3ccc(O[C@H]4CCC[C@H](C(=O)O)C4)c(C)n3)nnn2C)n1.Cc1ccccc1-c1ccnc(NCc2c(-c3cnc(O[C@H]4CCC[C@H](C(=O)O)C4)c(C)n3)nnn2C)n1.Cc1nc(-c2nnn(C)c2Cc2cccc(C3CC3)n2)ccc1O[C@H]1CCC[C@H](C(=O)O)C1. The van der Waals surface area contributed by atoms with Crippen LogP contribution in [0.4, 0.5) is 5.95 Å². The van der Waals surface area contributed by atoms with Gasteiger partial charge in [-0.1, -0.05) is 59.0 Å². The Kier molecular flexibility index (Phi) is 23.8. The van der Waals surface area contributed by atoms with E-state index in [2.05, 4.69) is 93.2 Å². The Balaban J connectivity index is 0.000000148. The molecule has 4 saturated carbocycles. The third kappa shape index (κ3) is 18.8. The fourth-order valence-corrected chi connectivity index (χ4v) is 13.6. The first-order chi connectivity index (χ1) is 50.8. The van der Waals surface area contributed by atoms with Crippen molar-refractivity contribution in [3.63, 3.8) is 0 Å². The van der Waals surface area contributed by atoms with Crippen LogP contribution in [0.5, 0.6) is 23.3 Å². The summed E-state index contributed by atoms with van der Waals surface area (Å²) in [5, 5.41) is 57.0. The molecular formula is C77H90N18O10. The number of nitrogens with zero attached hydrogens (tertiary/aromatic N) is 17. The van der Waals surface area contributed by atoms with E-state index in [1.807, 2.05) is 115 Å². The number of carbonyl (C=O) groups is 3. The van der Waals surface area contributed by atoms with E-state index in [1.54, 1.807) is 26.4 Å². The summed E-state index contributed by atoms with van der Waals surface area (Å²) in [7, 11) is 5.57. The van der Waals surface area contributed by atoms with E-state index in [-0.39, 0.29) is 36.1 Å². The molecule has 0 saturated heterocycles. The molecule has 28 heteroatoms. The van der Waals surface area contributed by atoms with Crippen LogP contribution in [0.2, 0.25) is 0 Å². The van der Waals surface area contributed by atoms with E-state index < -0.39 is 17.9 Å². The van der Waals surface area contributed by atoms with Crippen molar-refractivity contribution in [2.75, 3.05) is 11.9 Å². The zero-order valence-electron chi connectivity index (χ0n) is 60.6. The van der Waals surface area contributed by atoms with Gasteiger partial charge >= 0.3 is 17.9 Å². The highest BCUT2D eigenvalue weighted by atomic mass is 16.5. The molecule has 0 unspecified atom stereocenters. The van der Waals surface area contributed by atoms with Crippen LogP contribution in [0, 0.1) is 45.4 Å². The second-order valence-corrected chi connectivity index (χ2v) is 27.5. The molecule has 0 amide bonds. The third-order valence-corrected chi connectivity index (χ3v) is 19.6. The fraction of sp³-hybridized carbons (Fsp3) is 0.442. The summed E-state index contributed by atoms with van der Waals surface area (Å²) < 4.78 is 29.2. The molecule has 14 rings (SSSR count). The average Bonchev–Trinajstić information content (AvgIpc) is 1.73. The molecular weight excluding hydrogens is 1340 g/mol. The maximum Gasteiger partial charge on any atom is 0.306 e. The van der Waals surface area contributed by atoms with Crippen molar-refractivity contribution in [2.45, 2.75) is 175 Å². The monoisotopic (exact) mass is 1430 g/mol. The van der Waals surface area contributed by atoms with Crippen LogP contribution in [0.25, 0.3) is 45.4 Å². The highest BCUT2D eigenvalue weighted by Crippen LogP contribution is 2.40. The van der Waals surface area contributed by atoms with Crippen molar-refractivity contribution in [1.82, 2.24) is 84.9 Å². The predicted octanol–water partition coefficient (Wildman–Crippen LogP) is 12.0. The minimum atomic E-state index is -0.771. The summed E-state index contributed by atoms with van der Waals surface area (Å²) in [6.45, 7) is 10.8. The zero-order valence-corrected chi connectivity index (χ0v) is 60.6. The van der Waals surface area contributed by atoms with Gasteiger partial charge < -0.3 is 39.6 Å². The minimum Gasteiger partial charge on any atom is -0.489 e. The van der Waals surface area contributed by atoms with E-state index in [0.717, 1.165) is 119 Å². The number of carboxylic acids is 3. The summed E-state index contributed by atoms with van der Waals surface area (Å²) >= 11 is 0. The molecule has 10 aromatic rings. The van der Waals surface area contributed by atoms with Gasteiger partial charge in [0.15, 0.2) is 0 Å². The molecule has 548 valence electrons. The van der Waals surface area contributed by atoms with Crippen molar-refractivity contribution in [1.29, 1.82) is 0 Å². The number of hydrogen-bond donors (Lipinski definition) is 4. The first-order valence-electron chi connectivity index (χ1n) is 36.1. The number of hydrogen-bond acceptors (Lipinski definition) is 22. The Bertz CT molecular complexity index is 4690. The highest BCUT2D eigenvalue weighted by Gasteiger charge is 2.33. The normalized spacial score (nSPS) is 18.5. The van der Waals surface area contributed by atoms with Crippen LogP contribution in [0.15, 0.2) is 103 Å². The number of aryl methyl sites for hydroxylation is 7. The number of aliphatic carboxylic acids is 3. The Hall–Kier alpha value is -11.2. The van der Waals surface area contributed by atoms with E-state index in [4.69, 9.17) is 33.9 Å². The van der Waals surface area contributed by atoms with Crippen LogP contribution in [0.1, 0.15) is 166 Å². The second kappa shape index (κ2) is 33.9. The van der Waals surface area contributed by atoms with Crippen molar-refractivity contribution in [3.8, 4) is 68.7 Å². The lowest BCUT2D eigenvalue weighted by molar-refractivity contribution is -0.144. The molecule has 105 heavy (non-hydrogen) atoms. The molecule has 9 heterocycles. The standard InChI is InChI=1S/C27H30N8O3.C25H31N5O4.C25H29N5O3/c1-16-7-4-5-10-20(16)21-11-12-28-27(32-21)30-15-23-24(33-34-35(23)3)22-14-29-25(17(2)31-22)38-19-9-6-8-18(13-19)26(36)37;1-4-13-33-23-10-6-8-18(27-23)15-21-24(28-29-30(21)3)20-11-12-22(16(2)26-20)34-19-9-5-7-17(14-19)25(31)32;1-15-23(33-19-7-3-5-17(13-19)25(31)32)12-11-21(26-15)24-22(30(2)29-28-24)14-18-6-4-8-20(27-18)16-9-10-16/h4-5,7,10-12,14,18-19H,6,8-9,13,15H2,1-3H3,(H,36,37)(H,28,30,32);6,8,10-12,17,19H,4-5,7,9,13-15H2,1-3H3,(H,31,32);4,6,8,11-12,16-17,19H,3,5,7,9-10,13-14H2,1-2H3,(H,31,32)/t18-,19-;2*17-,19-/m000/s1. The maximum atomic E-state index is 11.4. The molecule has 9 aromatic heterocycles. The Labute approximate surface area is 608 Å². The largest absolute Gasteiger partial charge is 0.489 e. The van der Waals surface area contributed by atoms with Crippen molar-refractivity contribution >= 4 is 23.9 Å². The smallest absolute Gasteiger partial charge is 0.306 e. The van der Waals surface area contributed by atoms with Gasteiger partial charge in [-0.3, -0.25) is 28.7 Å². The fourth-order valence-electron chi connectivity index (χ4n) is 13.6. The Morgan fingerprint density at radius 2 is 1.02 bits per heavy atom. The van der Waals surface area contributed by atoms with E-state index in [0.29, 0.717) is 122 Å². The van der Waals surface area contributed by atoms with Gasteiger partial charge in [0.05, 0.1) is 101 Å². The van der Waals surface area contributed by atoms with Crippen molar-refractivity contribution in [2.24, 2.45) is 38.9 Å². The van der Waals surface area contributed by atoms with E-state index >= 15 is 0 Å². The topological polar surface area (TPSA) is 356 Å². The summed E-state index contributed by atoms with van der Waals surface area (Å²) in [5.41, 5.74) is 14.9. The van der Waals surface area contributed by atoms with E-state index in [1.165, 1.54) is 18.5 Å². The molecule has 0 aliphatic heterocycles. The quantitative estimate of drug-likeness (QED) is 0.0436. The average molecular weight is 1430 g/mol. The lowest BCUT2D eigenvalue weighted by Crippen LogP contribution is -2.30. The number of pyridine rings is 4. The summed E-state index contributed by atoms with van der Waals surface area (Å²) in [5.74, 6) is 0.201. The lowest BCUT2D eigenvalue weighted by Gasteiger charge is -2.27. The molecule has 4 aliphatic rings. The van der Waals surface area contributed by atoms with E-state index in [9.17, 15) is 29.7 Å². The van der Waals surface area contributed by atoms with Gasteiger partial charge in [0, 0.05) is 69.1 Å². The molecule has 1 aromatic carbocycles. The van der Waals surface area contributed by atoms with Gasteiger partial charge in [0.25, 0.3) is 0 Å². The summed E-state index contributed by atoms with van der Waals surface area (Å²) in [6, 6.07) is 29.5. The maximum absolute atomic E-state index is 11.4. The molecule has 4 N–H and O–H groups in total. The number of carboxylic acid groups (broad SMARTS) is 3. The second-order valence-electron chi connectivity index (χ2n) is 27.5. The van der Waals surface area contributed by atoms with Gasteiger partial charge in [-0.15, -0.1) is 15.3 Å². The summed E-state index contributed by atoms with van der Waals surface area (Å²) in [6.07, 6.45) is 16.2. The van der Waals surface area contributed by atoms with Gasteiger partial charge in [-0.25, -0.2) is 39.6 Å². The van der Waals surface area contributed by atoms with Gasteiger partial charge in [0.2, 0.25) is 17.7 Å². The number of anilines is 1. The lowest BCUT2D eigenvalue weighted by atomic mass is 9.87. The van der Waals surface area contributed by atoms with Crippen LogP contribution < -0.4 is 24.3 Å². The first kappa shape index (κ1) is 73.6. The number of aromatic nitrogens is 17. The minimum absolute atomic E-state index is 0.0944. The highest BCUT2D eigenvalue weighted by molar-refractivity contribution is 5.71. The molecule has 4 aliphatic carbocycles. The third-order valence-electron chi connectivity index (χ3n) is 19.6. The van der Waals surface area contributed by atoms with Crippen LogP contribution in [-0.2, 0) is 54.9 Å². The Morgan fingerprint density at radius 1 is 0.505 bits per heavy atom. The molecule has 0 bridgehead atoms. The Morgan fingerprint density at radius 3 is 1.54 bits per heavy atom. The van der Waals surface area contributed by atoms with Crippen LogP contribution in [-0.4, -0.2) is 143 Å². The number of benzene rings is 1. The van der Waals surface area contributed by atoms with Crippen LogP contribution in [0.3, 0.4) is 0 Å². The van der Waals surface area contributed by atoms with Gasteiger partial charge in [-0.05, 0) is 178 Å². The molecule has 0 spiro atoms. The molecule has 28 nitrogen and oxygen atoms in total. The number of ether oxygens (including phenoxy) is 4. The first-order valence-corrected chi connectivity index (χ1v) is 36.1. The van der Waals surface area contributed by atoms with Crippen molar-refractivity contribution < 1.29 is 48.7 Å². The molecule has 4 fully saturated rings. The van der Waals surface area contributed by atoms with Crippen molar-refractivity contribution in [3.05, 3.63) is 160 Å². The van der Waals surface area contributed by atoms with Gasteiger partial charge in [-0.2, -0.15) is 0 Å². The number of nitrogens with one attached hydrogen (secondary N) is 1. The predicted molar refractivity (Wildman–Crippen MR) is 388 cm³/mol. The van der Waals surface area contributed by atoms with Gasteiger partial charge in [0.1, 0.15) is 46.1 Å².